The SMILES string of the molecule is O=C(c1cnn(Cc2ccccc2)c1)N1CCC[C@H](Nc2ccc3c(c2)OCCO3)C1. The van der Waals surface area contributed by atoms with E-state index < -0.39 is 0 Å². The van der Waals surface area contributed by atoms with Crippen molar-refractivity contribution in [2.45, 2.75) is 25.4 Å². The van der Waals surface area contributed by atoms with E-state index in [1.807, 2.05) is 52.2 Å². The zero-order valence-corrected chi connectivity index (χ0v) is 17.4. The van der Waals surface area contributed by atoms with Gasteiger partial charge in [0.2, 0.25) is 0 Å². The largest absolute Gasteiger partial charge is 0.486 e. The summed E-state index contributed by atoms with van der Waals surface area (Å²) >= 11 is 0. The van der Waals surface area contributed by atoms with E-state index in [9.17, 15) is 4.79 Å². The number of piperidine rings is 1. The van der Waals surface area contributed by atoms with Crippen LogP contribution in [0.4, 0.5) is 5.69 Å². The molecule has 5 rings (SSSR count). The summed E-state index contributed by atoms with van der Waals surface area (Å²) in [5.41, 5.74) is 2.78. The first kappa shape index (κ1) is 19.5. The van der Waals surface area contributed by atoms with Crippen LogP contribution < -0.4 is 14.8 Å². The average molecular weight is 418 g/mol. The van der Waals surface area contributed by atoms with Gasteiger partial charge in [-0.1, -0.05) is 30.3 Å². The quantitative estimate of drug-likeness (QED) is 0.688. The predicted octanol–water partition coefficient (Wildman–Crippen LogP) is 3.42. The van der Waals surface area contributed by atoms with Crippen molar-refractivity contribution >= 4 is 11.6 Å². The van der Waals surface area contributed by atoms with Crippen LogP contribution in [0, 0.1) is 0 Å². The Kier molecular flexibility index (Phi) is 5.48. The summed E-state index contributed by atoms with van der Waals surface area (Å²) in [5, 5.41) is 7.94. The fourth-order valence-corrected chi connectivity index (χ4v) is 4.16. The van der Waals surface area contributed by atoms with E-state index in [0.29, 0.717) is 31.9 Å². The van der Waals surface area contributed by atoms with E-state index in [1.165, 1.54) is 0 Å². The summed E-state index contributed by atoms with van der Waals surface area (Å²) in [4.78, 5) is 15.0. The zero-order chi connectivity index (χ0) is 21.0. The summed E-state index contributed by atoms with van der Waals surface area (Å²) in [6.45, 7) is 3.24. The van der Waals surface area contributed by atoms with Gasteiger partial charge in [-0.25, -0.2) is 0 Å². The van der Waals surface area contributed by atoms with Crippen molar-refractivity contribution in [1.29, 1.82) is 0 Å². The van der Waals surface area contributed by atoms with Crippen molar-refractivity contribution in [2.24, 2.45) is 0 Å². The smallest absolute Gasteiger partial charge is 0.257 e. The van der Waals surface area contributed by atoms with E-state index in [1.54, 1.807) is 6.20 Å². The topological polar surface area (TPSA) is 68.6 Å². The van der Waals surface area contributed by atoms with Crippen molar-refractivity contribution in [2.75, 3.05) is 31.6 Å². The molecule has 1 fully saturated rings. The third kappa shape index (κ3) is 4.50. The number of nitrogens with one attached hydrogen (secondary N) is 1. The van der Waals surface area contributed by atoms with E-state index in [-0.39, 0.29) is 11.9 Å². The maximum absolute atomic E-state index is 13.1. The van der Waals surface area contributed by atoms with Crippen LogP contribution in [0.5, 0.6) is 11.5 Å². The lowest BCUT2D eigenvalue weighted by molar-refractivity contribution is 0.0714. The summed E-state index contributed by atoms with van der Waals surface area (Å²) in [6, 6.07) is 16.2. The minimum atomic E-state index is 0.0352. The number of ether oxygens (including phenoxy) is 2. The number of aromatic nitrogens is 2. The van der Waals surface area contributed by atoms with Gasteiger partial charge >= 0.3 is 0 Å². The first-order valence-electron chi connectivity index (χ1n) is 10.8. The molecular weight excluding hydrogens is 392 g/mol. The Labute approximate surface area is 181 Å². The average Bonchev–Trinajstić information content (AvgIpc) is 3.28. The summed E-state index contributed by atoms with van der Waals surface area (Å²) in [6.07, 6.45) is 5.49. The van der Waals surface area contributed by atoms with Gasteiger partial charge in [-0.2, -0.15) is 5.10 Å². The molecule has 0 spiro atoms. The second kappa shape index (κ2) is 8.71. The van der Waals surface area contributed by atoms with Crippen LogP contribution in [0.1, 0.15) is 28.8 Å². The van der Waals surface area contributed by atoms with Crippen molar-refractivity contribution in [3.8, 4) is 11.5 Å². The molecule has 0 radical (unpaired) electrons. The van der Waals surface area contributed by atoms with Crippen LogP contribution in [0.3, 0.4) is 0 Å². The fraction of sp³-hybridized carbons (Fsp3) is 0.333. The number of carbonyl (C=O) groups excluding carboxylic acids is 1. The third-order valence-corrected chi connectivity index (χ3v) is 5.69. The Balaban J connectivity index is 1.21. The number of likely N-dealkylation sites (tertiary alicyclic amines) is 1. The molecule has 7 heteroatoms. The minimum Gasteiger partial charge on any atom is -0.486 e. The van der Waals surface area contributed by atoms with Crippen LogP contribution in [0.25, 0.3) is 0 Å². The van der Waals surface area contributed by atoms with Crippen molar-refractivity contribution in [3.05, 3.63) is 72.1 Å². The predicted molar refractivity (Wildman–Crippen MR) is 118 cm³/mol. The highest BCUT2D eigenvalue weighted by Crippen LogP contribution is 2.33. The Morgan fingerprint density at radius 1 is 1.10 bits per heavy atom. The number of anilines is 1. The molecule has 160 valence electrons. The van der Waals surface area contributed by atoms with Crippen molar-refractivity contribution < 1.29 is 14.3 Å². The summed E-state index contributed by atoms with van der Waals surface area (Å²) in [5.74, 6) is 1.59. The molecule has 0 aliphatic carbocycles. The van der Waals surface area contributed by atoms with Gasteiger partial charge in [0.1, 0.15) is 13.2 Å². The summed E-state index contributed by atoms with van der Waals surface area (Å²) < 4.78 is 13.1. The molecule has 1 aromatic heterocycles. The Bertz CT molecular complexity index is 1050. The highest BCUT2D eigenvalue weighted by atomic mass is 16.6. The van der Waals surface area contributed by atoms with Crippen LogP contribution in [0.2, 0.25) is 0 Å². The van der Waals surface area contributed by atoms with E-state index in [4.69, 9.17) is 9.47 Å². The Morgan fingerprint density at radius 2 is 1.94 bits per heavy atom. The molecule has 7 nitrogen and oxygen atoms in total. The molecule has 2 aliphatic heterocycles. The van der Waals surface area contributed by atoms with Gasteiger partial charge in [0.25, 0.3) is 5.91 Å². The second-order valence-electron chi connectivity index (χ2n) is 8.01. The van der Waals surface area contributed by atoms with Gasteiger partial charge in [0.05, 0.1) is 18.3 Å². The number of benzene rings is 2. The molecule has 31 heavy (non-hydrogen) atoms. The molecule has 1 amide bonds. The first-order valence-corrected chi connectivity index (χ1v) is 10.8. The number of amides is 1. The zero-order valence-electron chi connectivity index (χ0n) is 17.4. The van der Waals surface area contributed by atoms with Crippen LogP contribution in [-0.2, 0) is 6.54 Å². The number of hydrogen-bond donors (Lipinski definition) is 1. The first-order chi connectivity index (χ1) is 15.2. The Morgan fingerprint density at radius 3 is 2.81 bits per heavy atom. The molecule has 1 N–H and O–H groups in total. The minimum absolute atomic E-state index is 0.0352. The molecule has 3 heterocycles. The fourth-order valence-electron chi connectivity index (χ4n) is 4.16. The molecule has 1 atom stereocenters. The normalized spacial score (nSPS) is 17.9. The van der Waals surface area contributed by atoms with Gasteiger partial charge in [-0.3, -0.25) is 9.48 Å². The second-order valence-corrected chi connectivity index (χ2v) is 8.01. The molecule has 2 aromatic carbocycles. The molecule has 0 saturated carbocycles. The maximum atomic E-state index is 13.1. The van der Waals surface area contributed by atoms with Crippen LogP contribution in [0.15, 0.2) is 60.9 Å². The molecular formula is C24H26N4O3. The number of hydrogen-bond acceptors (Lipinski definition) is 5. The number of rotatable bonds is 5. The lowest BCUT2D eigenvalue weighted by Gasteiger charge is -2.33. The van der Waals surface area contributed by atoms with E-state index >= 15 is 0 Å². The van der Waals surface area contributed by atoms with Crippen molar-refractivity contribution in [3.63, 3.8) is 0 Å². The number of nitrogens with zero attached hydrogens (tertiary/aromatic N) is 3. The molecule has 0 bridgehead atoms. The van der Waals surface area contributed by atoms with Crippen molar-refractivity contribution in [1.82, 2.24) is 14.7 Å². The lowest BCUT2D eigenvalue weighted by atomic mass is 10.0. The van der Waals surface area contributed by atoms with Gasteiger partial charge in [0, 0.05) is 37.1 Å². The van der Waals surface area contributed by atoms with Crippen LogP contribution >= 0.6 is 0 Å². The monoisotopic (exact) mass is 418 g/mol. The maximum Gasteiger partial charge on any atom is 0.257 e. The van der Waals surface area contributed by atoms with Gasteiger partial charge in [-0.05, 0) is 30.5 Å². The van der Waals surface area contributed by atoms with Crippen LogP contribution in [-0.4, -0.2) is 52.9 Å². The summed E-state index contributed by atoms with van der Waals surface area (Å²) in [7, 11) is 0. The molecule has 1 saturated heterocycles. The third-order valence-electron chi connectivity index (χ3n) is 5.69. The highest BCUT2D eigenvalue weighted by molar-refractivity contribution is 5.93. The number of fused-ring (bicyclic) bond motifs is 1. The van der Waals surface area contributed by atoms with Gasteiger partial charge in [0.15, 0.2) is 11.5 Å². The van der Waals surface area contributed by atoms with E-state index in [2.05, 4.69) is 22.5 Å². The lowest BCUT2D eigenvalue weighted by Crippen LogP contribution is -2.45. The molecule has 2 aliphatic rings. The molecule has 0 unspecified atom stereocenters. The highest BCUT2D eigenvalue weighted by Gasteiger charge is 2.25. The van der Waals surface area contributed by atoms with E-state index in [0.717, 1.165) is 42.1 Å². The number of carbonyl (C=O) groups is 1. The standard InChI is InChI=1S/C24H26N4O3/c29-24(19-14-25-28(16-19)15-18-5-2-1-3-6-18)27-10-4-7-21(17-27)26-20-8-9-22-23(13-20)31-12-11-30-22/h1-3,5-6,8-9,13-14,16,21,26H,4,7,10-12,15,17H2/t21-/m0/s1. The Hall–Kier alpha value is -3.48. The van der Waals surface area contributed by atoms with Gasteiger partial charge in [-0.15, -0.1) is 0 Å². The van der Waals surface area contributed by atoms with Gasteiger partial charge < -0.3 is 19.7 Å². The molecule has 3 aromatic rings.